The molecule has 14 rings (SSSR count). The van der Waals surface area contributed by atoms with Crippen molar-refractivity contribution in [3.63, 3.8) is 0 Å². The van der Waals surface area contributed by atoms with E-state index in [1.807, 2.05) is 12.2 Å². The Bertz CT molecular complexity index is 4650. The minimum atomic E-state index is -0.326. The summed E-state index contributed by atoms with van der Waals surface area (Å²) in [6.45, 7) is 17.2. The lowest BCUT2D eigenvalue weighted by molar-refractivity contribution is 0.423. The summed E-state index contributed by atoms with van der Waals surface area (Å²) in [7, 11) is 0. The molecule has 0 saturated carbocycles. The van der Waals surface area contributed by atoms with Gasteiger partial charge in [-0.3, -0.25) is 0 Å². The van der Waals surface area contributed by atoms with Crippen LogP contribution in [0.15, 0.2) is 298 Å². The number of para-hydroxylation sites is 1. The molecule has 2 heteroatoms. The van der Waals surface area contributed by atoms with Crippen LogP contribution in [-0.2, 0) is 17.3 Å². The lowest BCUT2D eigenvalue weighted by Gasteiger charge is -2.34. The van der Waals surface area contributed by atoms with E-state index < -0.39 is 0 Å². The first-order valence-electron chi connectivity index (χ1n) is 32.9. The Balaban J connectivity index is 0.804. The molecule has 2 aliphatic carbocycles. The Morgan fingerprint density at radius 3 is 1.66 bits per heavy atom. The molecule has 0 amide bonds. The topological polar surface area (TPSA) is 8.17 Å². The van der Waals surface area contributed by atoms with Gasteiger partial charge < -0.3 is 9.47 Å². The van der Waals surface area contributed by atoms with Gasteiger partial charge in [0.05, 0.1) is 11.0 Å². The molecule has 0 radical (unpaired) electrons. The maximum Gasteiger partial charge on any atom is 0.0541 e. The van der Waals surface area contributed by atoms with Crippen LogP contribution in [0.3, 0.4) is 0 Å². The zero-order valence-electron chi connectivity index (χ0n) is 53.1. The highest BCUT2D eigenvalue weighted by atomic mass is 15.1. The van der Waals surface area contributed by atoms with Crippen molar-refractivity contribution in [2.45, 2.75) is 83.5 Å². The van der Waals surface area contributed by atoms with E-state index in [2.05, 4.69) is 329 Å². The maximum absolute atomic E-state index is 4.04. The van der Waals surface area contributed by atoms with Gasteiger partial charge in [-0.15, -0.1) is 6.58 Å². The van der Waals surface area contributed by atoms with Crippen LogP contribution < -0.4 is 4.90 Å². The lowest BCUT2D eigenvalue weighted by Crippen LogP contribution is -2.27. The summed E-state index contributed by atoms with van der Waals surface area (Å²) in [5, 5.41) is 2.49. The molecule has 0 N–H and O–H groups in total. The van der Waals surface area contributed by atoms with Crippen LogP contribution in [0.1, 0.15) is 105 Å². The molecule has 91 heavy (non-hydrogen) atoms. The molecule has 11 aromatic carbocycles. The smallest absolute Gasteiger partial charge is 0.0541 e. The highest BCUT2D eigenvalue weighted by molar-refractivity contribution is 6.11. The van der Waals surface area contributed by atoms with Crippen molar-refractivity contribution in [1.82, 2.24) is 4.57 Å². The zero-order valence-corrected chi connectivity index (χ0v) is 53.1. The molecule has 1 aromatic heterocycles. The van der Waals surface area contributed by atoms with E-state index in [4.69, 9.17) is 0 Å². The number of benzene rings is 11. The average molecular weight is 1180 g/mol. The molecule has 0 bridgehead atoms. The molecule has 2 nitrogen and oxygen atoms in total. The van der Waals surface area contributed by atoms with Crippen molar-refractivity contribution in [2.75, 3.05) is 4.90 Å². The molecule has 0 saturated heterocycles. The molecule has 0 aliphatic heterocycles. The van der Waals surface area contributed by atoms with Gasteiger partial charge in [0.2, 0.25) is 0 Å². The van der Waals surface area contributed by atoms with Crippen molar-refractivity contribution in [2.24, 2.45) is 11.8 Å². The highest BCUT2D eigenvalue weighted by Gasteiger charge is 2.44. The SMILES string of the molecule is C=Cc1ccc(CC(CC)CCCCC2(c3ccccc3)c3ccccc3-c3ccc(N(c4ccc(-c5ccc(-c6ccc7c(c6)c6cc(C8=CCC(C=C)C=C8)ccc6n7-c6ccccc6)cc5)cc4)c4ccc(-c5ccc(C(C)(C)C)cc5)cc4)cc32)cc1. The Morgan fingerprint density at radius 2 is 1.07 bits per heavy atom. The van der Waals surface area contributed by atoms with E-state index in [0.717, 1.165) is 48.4 Å². The first-order valence-corrected chi connectivity index (χ1v) is 32.9. The highest BCUT2D eigenvalue weighted by Crippen LogP contribution is 2.57. The van der Waals surface area contributed by atoms with E-state index in [-0.39, 0.29) is 10.8 Å². The van der Waals surface area contributed by atoms with Gasteiger partial charge in [0.25, 0.3) is 0 Å². The van der Waals surface area contributed by atoms with E-state index in [9.17, 15) is 0 Å². The number of hydrogen-bond donors (Lipinski definition) is 0. The predicted octanol–water partition coefficient (Wildman–Crippen LogP) is 24.5. The Hall–Kier alpha value is -10.0. The molecule has 12 aromatic rings. The van der Waals surface area contributed by atoms with Crippen LogP contribution in [0.5, 0.6) is 0 Å². The van der Waals surface area contributed by atoms with Gasteiger partial charge in [-0.25, -0.2) is 0 Å². The van der Waals surface area contributed by atoms with E-state index in [0.29, 0.717) is 11.8 Å². The van der Waals surface area contributed by atoms with Crippen LogP contribution in [0.25, 0.3) is 83.6 Å². The van der Waals surface area contributed by atoms with Crippen LogP contribution in [0, 0.1) is 11.8 Å². The minimum Gasteiger partial charge on any atom is -0.310 e. The second kappa shape index (κ2) is 25.1. The van der Waals surface area contributed by atoms with Gasteiger partial charge in [0.15, 0.2) is 0 Å². The molecule has 3 atom stereocenters. The van der Waals surface area contributed by atoms with Crippen molar-refractivity contribution in [3.8, 4) is 50.2 Å². The molecule has 446 valence electrons. The number of allylic oxidation sites excluding steroid dienone is 5. The third-order valence-electron chi connectivity index (χ3n) is 19.8. The van der Waals surface area contributed by atoms with Crippen LogP contribution in [0.2, 0.25) is 0 Å². The van der Waals surface area contributed by atoms with Gasteiger partial charge in [0.1, 0.15) is 0 Å². The number of anilines is 3. The van der Waals surface area contributed by atoms with Crippen molar-refractivity contribution in [1.29, 1.82) is 0 Å². The molecular weight excluding hydrogens is 1100 g/mol. The number of rotatable bonds is 19. The van der Waals surface area contributed by atoms with E-state index >= 15 is 0 Å². The molecule has 1 heterocycles. The number of unbranched alkanes of at least 4 members (excludes halogenated alkanes) is 1. The zero-order chi connectivity index (χ0) is 62.1. The third-order valence-corrected chi connectivity index (χ3v) is 19.8. The van der Waals surface area contributed by atoms with Crippen LogP contribution in [-0.4, -0.2) is 4.57 Å². The number of hydrogen-bond acceptors (Lipinski definition) is 1. The quantitative estimate of drug-likeness (QED) is 0.0579. The fourth-order valence-electron chi connectivity index (χ4n) is 14.7. The maximum atomic E-state index is 4.04. The monoisotopic (exact) mass is 1180 g/mol. The van der Waals surface area contributed by atoms with Crippen molar-refractivity contribution < 1.29 is 0 Å². The fraction of sp³-hybridized carbons (Fsp3) is 0.169. The predicted molar refractivity (Wildman–Crippen MR) is 390 cm³/mol. The molecule has 3 unspecified atom stereocenters. The second-order valence-electron chi connectivity index (χ2n) is 26.3. The summed E-state index contributed by atoms with van der Waals surface area (Å²) >= 11 is 0. The van der Waals surface area contributed by atoms with Crippen molar-refractivity contribution >= 4 is 50.5 Å². The summed E-state index contributed by atoms with van der Waals surface area (Å²) in [6.07, 6.45) is 18.6. The number of aromatic nitrogens is 1. The van der Waals surface area contributed by atoms with E-state index in [1.54, 1.807) is 0 Å². The van der Waals surface area contributed by atoms with Gasteiger partial charge in [-0.1, -0.05) is 278 Å². The fourth-order valence-corrected chi connectivity index (χ4v) is 14.7. The standard InChI is InChI=1S/C89H80N2/c1-7-62-27-29-65(30-28-62)58-64(9-3)20-18-19-57-89(75-21-12-10-13-22-75)84-26-17-16-25-80(84)81-54-53-79(61-85(81)89)90(78-51-43-69(44-52-78)67-39-47-74(48-40-67)88(4,5)6)77-49-41-68(42-50-77)66-35-37-71(38-36-66)73-46-56-87-83(60-73)82-59-72(70-33-31-63(8-2)32-34-70)45-55-86(82)91(87)76-23-14-11-15-24-76/h7-8,10-17,21-31,33-56,59-61,63-64H,1-2,9,18-20,32,57-58H2,3-6H3. The van der Waals surface area contributed by atoms with Gasteiger partial charge in [0, 0.05) is 38.9 Å². The normalized spacial score (nSPS) is 15.5. The average Bonchev–Trinajstić information content (AvgIpc) is 1.58. The molecular formula is C89H80N2. The molecule has 2 aliphatic rings. The number of fused-ring (bicyclic) bond motifs is 6. The minimum absolute atomic E-state index is 0.0881. The van der Waals surface area contributed by atoms with E-state index in [1.165, 1.54) is 130 Å². The molecule has 0 fully saturated rings. The lowest BCUT2D eigenvalue weighted by atomic mass is 9.69. The van der Waals surface area contributed by atoms with Gasteiger partial charge >= 0.3 is 0 Å². The first kappa shape index (κ1) is 58.7. The summed E-state index contributed by atoms with van der Waals surface area (Å²) < 4.78 is 2.41. The first-order chi connectivity index (χ1) is 44.6. The Kier molecular flexibility index (Phi) is 16.2. The van der Waals surface area contributed by atoms with Gasteiger partial charge in [-0.2, -0.15) is 0 Å². The van der Waals surface area contributed by atoms with Gasteiger partial charge in [-0.05, 0) is 198 Å². The van der Waals surface area contributed by atoms with Crippen LogP contribution in [0.4, 0.5) is 17.1 Å². The largest absolute Gasteiger partial charge is 0.310 e. The summed E-state index contributed by atoms with van der Waals surface area (Å²) in [4.78, 5) is 2.47. The summed E-state index contributed by atoms with van der Waals surface area (Å²) in [6, 6.07) is 98.3. The third kappa shape index (κ3) is 11.5. The summed E-state index contributed by atoms with van der Waals surface area (Å²) in [5.41, 5.74) is 27.1. The Labute approximate surface area is 539 Å². The number of nitrogens with zero attached hydrogens (tertiary/aromatic N) is 2. The molecule has 0 spiro atoms. The van der Waals surface area contributed by atoms with Crippen molar-refractivity contribution in [3.05, 3.63) is 337 Å². The second-order valence-corrected chi connectivity index (χ2v) is 26.3. The van der Waals surface area contributed by atoms with Crippen LogP contribution >= 0.6 is 0 Å². The Morgan fingerprint density at radius 1 is 0.527 bits per heavy atom. The summed E-state index contributed by atoms with van der Waals surface area (Å²) in [5.74, 6) is 1.02.